The molecule has 1 aromatic carbocycles. The van der Waals surface area contributed by atoms with Gasteiger partial charge in [0.15, 0.2) is 0 Å². The van der Waals surface area contributed by atoms with E-state index < -0.39 is 13.0 Å². The Morgan fingerprint density at radius 1 is 1.22 bits per heavy atom. The van der Waals surface area contributed by atoms with Crippen molar-refractivity contribution >= 4 is 6.16 Å². The zero-order valence-electron chi connectivity index (χ0n) is 11.0. The van der Waals surface area contributed by atoms with E-state index in [1.165, 1.54) is 13.2 Å². The average molecular weight is 256 g/mol. The average Bonchev–Trinajstić information content (AvgIpc) is 2.27. The normalized spacial score (nSPS) is 10.9. The highest BCUT2D eigenvalue weighted by atomic mass is 19.1. The molecule has 0 heterocycles. The maximum atomic E-state index is 11.8. The van der Waals surface area contributed by atoms with Gasteiger partial charge in [0, 0.05) is 6.07 Å². The molecule has 0 aromatic heterocycles. The fourth-order valence-corrected chi connectivity index (χ4v) is 1.35. The number of hydrogen-bond acceptors (Lipinski definition) is 4. The van der Waals surface area contributed by atoms with Crippen LogP contribution in [0.4, 0.5) is 9.18 Å². The van der Waals surface area contributed by atoms with Crippen LogP contribution in [0.25, 0.3) is 0 Å². The van der Waals surface area contributed by atoms with Gasteiger partial charge < -0.3 is 14.2 Å². The molecule has 100 valence electrons. The highest BCUT2D eigenvalue weighted by Gasteiger charge is 2.17. The van der Waals surface area contributed by atoms with Gasteiger partial charge in [-0.05, 0) is 23.1 Å². The molecule has 1 aromatic rings. The second-order valence-electron chi connectivity index (χ2n) is 4.75. The molecule has 0 unspecified atom stereocenters. The summed E-state index contributed by atoms with van der Waals surface area (Å²) < 4.78 is 25.9. The third-order valence-electron chi connectivity index (χ3n) is 2.36. The Hall–Kier alpha value is -1.78. The van der Waals surface area contributed by atoms with Gasteiger partial charge in [-0.1, -0.05) is 20.8 Å². The van der Waals surface area contributed by atoms with Crippen LogP contribution in [0.1, 0.15) is 26.3 Å². The zero-order valence-corrected chi connectivity index (χ0v) is 11.0. The molecular weight excluding hydrogens is 239 g/mol. The van der Waals surface area contributed by atoms with Gasteiger partial charge in [-0.3, -0.25) is 0 Å². The molecule has 0 bridgehead atoms. The topological polar surface area (TPSA) is 44.8 Å². The lowest BCUT2D eigenvalue weighted by molar-refractivity contribution is 0.0609. The lowest BCUT2D eigenvalue weighted by atomic mass is 9.87. The first-order chi connectivity index (χ1) is 8.36. The predicted molar refractivity (Wildman–Crippen MR) is 64.8 cm³/mol. The van der Waals surface area contributed by atoms with Gasteiger partial charge in [-0.25, -0.2) is 9.18 Å². The maximum Gasteiger partial charge on any atom is 0.516 e. The molecule has 1 rings (SSSR count). The van der Waals surface area contributed by atoms with Crippen LogP contribution in [0.2, 0.25) is 0 Å². The molecule has 0 N–H and O–H groups in total. The minimum absolute atomic E-state index is 0.128. The summed E-state index contributed by atoms with van der Waals surface area (Å²) in [5.74, 6) is 0.822. The fourth-order valence-electron chi connectivity index (χ4n) is 1.35. The molecule has 5 heteroatoms. The van der Waals surface area contributed by atoms with Crippen LogP contribution in [0.5, 0.6) is 11.5 Å². The van der Waals surface area contributed by atoms with Crippen molar-refractivity contribution < 1.29 is 23.4 Å². The van der Waals surface area contributed by atoms with Crippen LogP contribution in [-0.4, -0.2) is 20.1 Å². The van der Waals surface area contributed by atoms with Crippen molar-refractivity contribution in [1.29, 1.82) is 0 Å². The predicted octanol–water partition coefficient (Wildman–Crippen LogP) is 3.44. The number of carbonyl (C=O) groups is 1. The quantitative estimate of drug-likeness (QED) is 0.614. The molecular formula is C13H17FO4. The first kappa shape index (κ1) is 14.3. The molecule has 0 saturated carbocycles. The Balaban J connectivity index is 3.01. The summed E-state index contributed by atoms with van der Waals surface area (Å²) in [5, 5.41) is 0. The number of benzene rings is 1. The van der Waals surface area contributed by atoms with Crippen LogP contribution in [0.15, 0.2) is 18.2 Å². The van der Waals surface area contributed by atoms with E-state index in [0.717, 1.165) is 5.56 Å². The number of halogens is 1. The van der Waals surface area contributed by atoms with Crippen molar-refractivity contribution in [2.75, 3.05) is 14.0 Å². The second-order valence-corrected chi connectivity index (χ2v) is 4.75. The number of rotatable bonds is 3. The van der Waals surface area contributed by atoms with Crippen molar-refractivity contribution in [2.24, 2.45) is 0 Å². The summed E-state index contributed by atoms with van der Waals surface area (Å²) in [7, 11) is 1.52. The molecule has 18 heavy (non-hydrogen) atoms. The van der Waals surface area contributed by atoms with E-state index in [2.05, 4.69) is 4.74 Å². The summed E-state index contributed by atoms with van der Waals surface area (Å²) in [4.78, 5) is 11.0. The molecule has 0 radical (unpaired) electrons. The molecule has 0 atom stereocenters. The Morgan fingerprint density at radius 3 is 2.33 bits per heavy atom. The smallest absolute Gasteiger partial charge is 0.497 e. The summed E-state index contributed by atoms with van der Waals surface area (Å²) in [6.45, 7) is 4.84. The van der Waals surface area contributed by atoms with E-state index in [4.69, 9.17) is 9.47 Å². The van der Waals surface area contributed by atoms with Gasteiger partial charge in [-0.2, -0.15) is 0 Å². The third kappa shape index (κ3) is 3.91. The van der Waals surface area contributed by atoms with Gasteiger partial charge in [0.25, 0.3) is 0 Å². The number of hydrogen-bond donors (Lipinski definition) is 0. The highest BCUT2D eigenvalue weighted by molar-refractivity contribution is 5.64. The zero-order chi connectivity index (χ0) is 13.8. The largest absolute Gasteiger partial charge is 0.516 e. The van der Waals surface area contributed by atoms with E-state index in [0.29, 0.717) is 5.75 Å². The Bertz CT molecular complexity index is 423. The first-order valence-electron chi connectivity index (χ1n) is 5.47. The summed E-state index contributed by atoms with van der Waals surface area (Å²) in [5.41, 5.74) is 0.807. The van der Waals surface area contributed by atoms with Gasteiger partial charge in [0.1, 0.15) is 11.5 Å². The van der Waals surface area contributed by atoms with Crippen LogP contribution < -0.4 is 9.47 Å². The number of ether oxygens (including phenoxy) is 3. The molecule has 0 spiro atoms. The van der Waals surface area contributed by atoms with Crippen molar-refractivity contribution in [1.82, 2.24) is 0 Å². The Kier molecular flexibility index (Phi) is 4.53. The number of alkyl halides is 1. The van der Waals surface area contributed by atoms with Crippen LogP contribution in [0, 0.1) is 0 Å². The van der Waals surface area contributed by atoms with Crippen molar-refractivity contribution in [3.8, 4) is 11.5 Å². The van der Waals surface area contributed by atoms with Gasteiger partial charge in [0.05, 0.1) is 7.11 Å². The second kappa shape index (κ2) is 5.71. The van der Waals surface area contributed by atoms with Crippen LogP contribution >= 0.6 is 0 Å². The lowest BCUT2D eigenvalue weighted by Crippen LogP contribution is -2.13. The van der Waals surface area contributed by atoms with E-state index in [1.807, 2.05) is 26.8 Å². The van der Waals surface area contributed by atoms with Crippen molar-refractivity contribution in [2.45, 2.75) is 26.2 Å². The minimum atomic E-state index is -1.21. The summed E-state index contributed by atoms with van der Waals surface area (Å²) >= 11 is 0. The minimum Gasteiger partial charge on any atom is -0.497 e. The molecule has 4 nitrogen and oxygen atoms in total. The Morgan fingerprint density at radius 2 is 1.83 bits per heavy atom. The summed E-state index contributed by atoms with van der Waals surface area (Å²) in [6, 6.07) is 5.09. The molecule has 0 amide bonds. The fraction of sp³-hybridized carbons (Fsp3) is 0.462. The van der Waals surface area contributed by atoms with Crippen LogP contribution in [-0.2, 0) is 10.2 Å². The summed E-state index contributed by atoms with van der Waals surface area (Å²) in [6.07, 6.45) is -1.08. The van der Waals surface area contributed by atoms with Crippen LogP contribution in [0.3, 0.4) is 0 Å². The van der Waals surface area contributed by atoms with Gasteiger partial charge >= 0.3 is 6.16 Å². The van der Waals surface area contributed by atoms with Crippen molar-refractivity contribution in [3.63, 3.8) is 0 Å². The first-order valence-corrected chi connectivity index (χ1v) is 5.47. The molecule has 0 fully saturated rings. The maximum absolute atomic E-state index is 11.8. The third-order valence-corrected chi connectivity index (χ3v) is 2.36. The van der Waals surface area contributed by atoms with Gasteiger partial charge in [0.2, 0.25) is 6.86 Å². The molecule has 0 aliphatic heterocycles. The highest BCUT2D eigenvalue weighted by Crippen LogP contribution is 2.30. The van der Waals surface area contributed by atoms with Crippen molar-refractivity contribution in [3.05, 3.63) is 23.8 Å². The Labute approximate surface area is 106 Å². The number of methoxy groups -OCH3 is 1. The SMILES string of the molecule is COc1cc(OC(=O)OCF)cc(C(C)(C)C)c1. The van der Waals surface area contributed by atoms with E-state index >= 15 is 0 Å². The molecule has 0 aliphatic carbocycles. The van der Waals surface area contributed by atoms with E-state index in [1.54, 1.807) is 6.07 Å². The molecule has 0 aliphatic rings. The monoisotopic (exact) mass is 256 g/mol. The van der Waals surface area contributed by atoms with E-state index in [-0.39, 0.29) is 11.2 Å². The number of carbonyl (C=O) groups excluding carboxylic acids is 1. The molecule has 0 saturated heterocycles. The van der Waals surface area contributed by atoms with Gasteiger partial charge in [-0.15, -0.1) is 0 Å². The standard InChI is InChI=1S/C13H17FO4/c1-13(2,3)9-5-10(16-4)7-11(6-9)18-12(15)17-8-14/h5-7H,8H2,1-4H3. The van der Waals surface area contributed by atoms with E-state index in [9.17, 15) is 9.18 Å². The lowest BCUT2D eigenvalue weighted by Gasteiger charge is -2.20.